The van der Waals surface area contributed by atoms with Crippen LogP contribution < -0.4 is 4.74 Å². The third kappa shape index (κ3) is 5.01. The van der Waals surface area contributed by atoms with Crippen molar-refractivity contribution in [3.05, 3.63) is 29.3 Å². The van der Waals surface area contributed by atoms with E-state index in [1.807, 2.05) is 19.1 Å². The van der Waals surface area contributed by atoms with Crippen molar-refractivity contribution in [1.29, 1.82) is 0 Å². The smallest absolute Gasteiger partial charge is 0.150 e. The van der Waals surface area contributed by atoms with Crippen molar-refractivity contribution in [2.24, 2.45) is 0 Å². The van der Waals surface area contributed by atoms with E-state index in [4.69, 9.17) is 9.47 Å². The molecule has 1 aromatic carbocycles. The van der Waals surface area contributed by atoms with Crippen LogP contribution in [-0.2, 0) is 11.3 Å². The average Bonchev–Trinajstić information content (AvgIpc) is 2.46. The Bertz CT molecular complexity index is 393. The van der Waals surface area contributed by atoms with E-state index in [2.05, 4.69) is 11.8 Å². The minimum atomic E-state index is 0.677. The lowest BCUT2D eigenvalue weighted by Crippen LogP contribution is -2.27. The second kappa shape index (κ2) is 8.67. The molecular formula is C15H23NO3. The molecule has 0 amide bonds. The van der Waals surface area contributed by atoms with Crippen LogP contribution in [0.2, 0.25) is 0 Å². The number of rotatable bonds is 9. The molecular weight excluding hydrogens is 242 g/mol. The fourth-order valence-corrected chi connectivity index (χ4v) is 1.92. The van der Waals surface area contributed by atoms with E-state index in [9.17, 15) is 4.79 Å². The third-order valence-corrected chi connectivity index (χ3v) is 3.04. The number of hydrogen-bond acceptors (Lipinski definition) is 4. The van der Waals surface area contributed by atoms with Gasteiger partial charge < -0.3 is 9.47 Å². The highest BCUT2D eigenvalue weighted by Crippen LogP contribution is 2.21. The number of carbonyl (C=O) groups excluding carboxylic acids is 1. The van der Waals surface area contributed by atoms with Gasteiger partial charge in [0.1, 0.15) is 12.0 Å². The maximum Gasteiger partial charge on any atom is 0.150 e. The summed E-state index contributed by atoms with van der Waals surface area (Å²) in [4.78, 5) is 13.1. The van der Waals surface area contributed by atoms with E-state index < -0.39 is 0 Å². The van der Waals surface area contributed by atoms with Crippen molar-refractivity contribution in [2.75, 3.05) is 33.4 Å². The molecule has 0 atom stereocenters. The molecule has 4 heteroatoms. The van der Waals surface area contributed by atoms with Gasteiger partial charge in [0.15, 0.2) is 0 Å². The van der Waals surface area contributed by atoms with Crippen LogP contribution in [0.15, 0.2) is 18.2 Å². The van der Waals surface area contributed by atoms with Crippen molar-refractivity contribution < 1.29 is 14.3 Å². The fourth-order valence-electron chi connectivity index (χ4n) is 1.92. The predicted octanol–water partition coefficient (Wildman–Crippen LogP) is 2.37. The molecule has 0 heterocycles. The number of benzene rings is 1. The second-order valence-electron chi connectivity index (χ2n) is 4.25. The molecule has 0 fully saturated rings. The first-order chi connectivity index (χ1) is 9.24. The van der Waals surface area contributed by atoms with E-state index >= 15 is 0 Å². The third-order valence-electron chi connectivity index (χ3n) is 3.04. The molecule has 0 N–H and O–H groups in total. The van der Waals surface area contributed by atoms with E-state index in [-0.39, 0.29) is 0 Å². The van der Waals surface area contributed by atoms with Gasteiger partial charge in [-0.15, -0.1) is 0 Å². The first-order valence-corrected chi connectivity index (χ1v) is 6.67. The van der Waals surface area contributed by atoms with Crippen LogP contribution in [0.4, 0.5) is 0 Å². The Morgan fingerprint density at radius 3 is 2.68 bits per heavy atom. The zero-order valence-electron chi connectivity index (χ0n) is 12.0. The fraction of sp³-hybridized carbons (Fsp3) is 0.533. The van der Waals surface area contributed by atoms with Gasteiger partial charge in [-0.2, -0.15) is 0 Å². The molecule has 1 aromatic rings. The Hall–Kier alpha value is -1.39. The van der Waals surface area contributed by atoms with Gasteiger partial charge in [-0.25, -0.2) is 0 Å². The van der Waals surface area contributed by atoms with E-state index in [1.54, 1.807) is 13.2 Å². The molecule has 0 bridgehead atoms. The van der Waals surface area contributed by atoms with Crippen molar-refractivity contribution in [3.8, 4) is 5.75 Å². The molecule has 0 saturated heterocycles. The monoisotopic (exact) mass is 265 g/mol. The van der Waals surface area contributed by atoms with Crippen LogP contribution in [0.1, 0.15) is 29.8 Å². The Kier molecular flexibility index (Phi) is 7.15. The largest absolute Gasteiger partial charge is 0.496 e. The molecule has 4 nitrogen and oxygen atoms in total. The predicted molar refractivity (Wildman–Crippen MR) is 75.8 cm³/mol. The SMILES string of the molecule is CCOCCN(CC)Cc1cc(C=O)ccc1OC. The number of ether oxygens (including phenoxy) is 2. The lowest BCUT2D eigenvalue weighted by Gasteiger charge is -2.21. The van der Waals surface area contributed by atoms with Crippen LogP contribution in [0.5, 0.6) is 5.75 Å². The van der Waals surface area contributed by atoms with E-state index in [0.29, 0.717) is 5.56 Å². The minimum absolute atomic E-state index is 0.677. The highest BCUT2D eigenvalue weighted by Gasteiger charge is 2.09. The van der Waals surface area contributed by atoms with Crippen molar-refractivity contribution in [3.63, 3.8) is 0 Å². The number of aldehydes is 1. The van der Waals surface area contributed by atoms with Crippen molar-refractivity contribution in [2.45, 2.75) is 20.4 Å². The van der Waals surface area contributed by atoms with Crippen LogP contribution in [0, 0.1) is 0 Å². The maximum atomic E-state index is 10.9. The van der Waals surface area contributed by atoms with E-state index in [1.165, 1.54) is 0 Å². The first-order valence-electron chi connectivity index (χ1n) is 6.67. The quantitative estimate of drug-likeness (QED) is 0.507. The molecule has 1 rings (SSSR count). The van der Waals surface area contributed by atoms with Gasteiger partial charge in [0, 0.05) is 30.8 Å². The summed E-state index contributed by atoms with van der Waals surface area (Å²) in [5, 5.41) is 0. The summed E-state index contributed by atoms with van der Waals surface area (Å²) in [7, 11) is 1.65. The van der Waals surface area contributed by atoms with Crippen LogP contribution in [0.25, 0.3) is 0 Å². The molecule has 0 aliphatic rings. The number of nitrogens with zero attached hydrogens (tertiary/aromatic N) is 1. The normalized spacial score (nSPS) is 10.7. The van der Waals surface area contributed by atoms with Gasteiger partial charge in [-0.3, -0.25) is 9.69 Å². The van der Waals surface area contributed by atoms with Gasteiger partial charge >= 0.3 is 0 Å². The van der Waals surface area contributed by atoms with Crippen LogP contribution in [-0.4, -0.2) is 44.6 Å². The summed E-state index contributed by atoms with van der Waals surface area (Å²) in [6.07, 6.45) is 0.861. The lowest BCUT2D eigenvalue weighted by atomic mass is 10.1. The average molecular weight is 265 g/mol. The highest BCUT2D eigenvalue weighted by molar-refractivity contribution is 5.75. The highest BCUT2D eigenvalue weighted by atomic mass is 16.5. The number of carbonyl (C=O) groups is 1. The van der Waals surface area contributed by atoms with E-state index in [0.717, 1.165) is 50.4 Å². The maximum absolute atomic E-state index is 10.9. The lowest BCUT2D eigenvalue weighted by molar-refractivity contribution is 0.111. The van der Waals surface area contributed by atoms with Crippen LogP contribution in [0.3, 0.4) is 0 Å². The van der Waals surface area contributed by atoms with Crippen LogP contribution >= 0.6 is 0 Å². The number of likely N-dealkylation sites (N-methyl/N-ethyl adjacent to an activating group) is 1. The Morgan fingerprint density at radius 2 is 2.11 bits per heavy atom. The van der Waals surface area contributed by atoms with Crippen molar-refractivity contribution >= 4 is 6.29 Å². The molecule has 0 aromatic heterocycles. The zero-order chi connectivity index (χ0) is 14.1. The summed E-state index contributed by atoms with van der Waals surface area (Å²) in [5.41, 5.74) is 1.71. The Morgan fingerprint density at radius 1 is 1.32 bits per heavy atom. The summed E-state index contributed by atoms with van der Waals surface area (Å²) < 4.78 is 10.7. The topological polar surface area (TPSA) is 38.8 Å². The minimum Gasteiger partial charge on any atom is -0.496 e. The summed E-state index contributed by atoms with van der Waals surface area (Å²) in [6.45, 7) is 8.13. The second-order valence-corrected chi connectivity index (χ2v) is 4.25. The zero-order valence-corrected chi connectivity index (χ0v) is 12.0. The Labute approximate surface area is 115 Å². The summed E-state index contributed by atoms with van der Waals surface area (Å²) >= 11 is 0. The van der Waals surface area contributed by atoms with Gasteiger partial charge in [0.25, 0.3) is 0 Å². The Balaban J connectivity index is 2.73. The molecule has 0 radical (unpaired) electrons. The summed E-state index contributed by atoms with van der Waals surface area (Å²) in [5.74, 6) is 0.820. The molecule has 0 unspecified atom stereocenters. The standard InChI is InChI=1S/C15H23NO3/c1-4-16(8-9-19-5-2)11-14-10-13(12-17)6-7-15(14)18-3/h6-7,10,12H,4-5,8-9,11H2,1-3H3. The molecule has 0 aliphatic carbocycles. The molecule has 0 spiro atoms. The number of hydrogen-bond donors (Lipinski definition) is 0. The number of methoxy groups -OCH3 is 1. The first kappa shape index (κ1) is 15.7. The molecule has 0 aliphatic heterocycles. The van der Waals surface area contributed by atoms with Crippen molar-refractivity contribution in [1.82, 2.24) is 4.90 Å². The van der Waals surface area contributed by atoms with Gasteiger partial charge in [-0.1, -0.05) is 6.92 Å². The van der Waals surface area contributed by atoms with Gasteiger partial charge in [-0.05, 0) is 31.7 Å². The summed E-state index contributed by atoms with van der Waals surface area (Å²) in [6, 6.07) is 5.50. The van der Waals surface area contributed by atoms with Gasteiger partial charge in [0.05, 0.1) is 13.7 Å². The van der Waals surface area contributed by atoms with Gasteiger partial charge in [0.2, 0.25) is 0 Å². The molecule has 0 saturated carbocycles. The molecule has 106 valence electrons. The molecule has 19 heavy (non-hydrogen) atoms.